The summed E-state index contributed by atoms with van der Waals surface area (Å²) in [5, 5.41) is 0. The molecule has 0 heterocycles. The molecule has 0 fully saturated rings. The Morgan fingerprint density at radius 2 is 1.36 bits per heavy atom. The number of carbonyl (C=O) groups is 1. The lowest BCUT2D eigenvalue weighted by atomic mass is 10.3. The van der Waals surface area contributed by atoms with E-state index < -0.39 is 5.97 Å². The van der Waals surface area contributed by atoms with Gasteiger partial charge >= 0.3 is 5.97 Å². The summed E-state index contributed by atoms with van der Waals surface area (Å²) in [5.74, 6) is 0.946. The number of ether oxygens (including phenoxy) is 3. The van der Waals surface area contributed by atoms with Gasteiger partial charge in [-0.25, -0.2) is 4.79 Å². The normalized spacial score (nSPS) is 9.82. The number of para-hydroxylation sites is 2. The molecule has 0 atom stereocenters. The van der Waals surface area contributed by atoms with E-state index in [1.54, 1.807) is 0 Å². The van der Waals surface area contributed by atoms with Crippen LogP contribution in [0.3, 0.4) is 0 Å². The van der Waals surface area contributed by atoms with Gasteiger partial charge in [-0.1, -0.05) is 43.0 Å². The van der Waals surface area contributed by atoms with Crippen LogP contribution in [0.5, 0.6) is 11.5 Å². The van der Waals surface area contributed by atoms with Gasteiger partial charge in [-0.2, -0.15) is 0 Å². The summed E-state index contributed by atoms with van der Waals surface area (Å²) in [7, 11) is 0. The van der Waals surface area contributed by atoms with Gasteiger partial charge in [0.1, 0.15) is 31.3 Å². The molecule has 0 aliphatic carbocycles. The Morgan fingerprint density at radius 1 is 0.818 bits per heavy atom. The standard InChI is InChI=1S/C18H18O4/c1-15(14-22-17-10-6-3-7-11-17)18(19)21-13-12-20-16-8-4-2-5-9-16/h2-11H,1,12-14H2. The molecule has 0 aromatic heterocycles. The van der Waals surface area contributed by atoms with Crippen molar-refractivity contribution in [3.8, 4) is 11.5 Å². The van der Waals surface area contributed by atoms with E-state index >= 15 is 0 Å². The largest absolute Gasteiger partial charge is 0.490 e. The van der Waals surface area contributed by atoms with E-state index in [-0.39, 0.29) is 18.8 Å². The Hall–Kier alpha value is -2.75. The number of benzene rings is 2. The number of hydrogen-bond acceptors (Lipinski definition) is 4. The second-order valence-electron chi connectivity index (χ2n) is 4.50. The maximum atomic E-state index is 11.7. The Labute approximate surface area is 129 Å². The first-order valence-corrected chi connectivity index (χ1v) is 6.96. The molecule has 0 aliphatic rings. The SMILES string of the molecule is C=C(COc1ccccc1)C(=O)OCCOc1ccccc1. The van der Waals surface area contributed by atoms with E-state index in [2.05, 4.69) is 6.58 Å². The summed E-state index contributed by atoms with van der Waals surface area (Å²) in [6.07, 6.45) is 0. The van der Waals surface area contributed by atoms with E-state index in [1.807, 2.05) is 60.7 Å². The van der Waals surface area contributed by atoms with Crippen molar-refractivity contribution in [1.82, 2.24) is 0 Å². The van der Waals surface area contributed by atoms with Crippen LogP contribution >= 0.6 is 0 Å². The Morgan fingerprint density at radius 3 is 1.95 bits per heavy atom. The van der Waals surface area contributed by atoms with E-state index in [1.165, 1.54) is 0 Å². The minimum Gasteiger partial charge on any atom is -0.490 e. The highest BCUT2D eigenvalue weighted by molar-refractivity contribution is 5.88. The fraction of sp³-hybridized carbons (Fsp3) is 0.167. The average Bonchev–Trinajstić information content (AvgIpc) is 2.58. The monoisotopic (exact) mass is 298 g/mol. The summed E-state index contributed by atoms with van der Waals surface area (Å²) in [4.78, 5) is 11.7. The molecule has 2 rings (SSSR count). The fourth-order valence-electron chi connectivity index (χ4n) is 1.66. The van der Waals surface area contributed by atoms with Crippen LogP contribution in [-0.4, -0.2) is 25.8 Å². The lowest BCUT2D eigenvalue weighted by Gasteiger charge is -2.09. The van der Waals surface area contributed by atoms with Crippen molar-refractivity contribution in [2.24, 2.45) is 0 Å². The van der Waals surface area contributed by atoms with Crippen molar-refractivity contribution in [3.63, 3.8) is 0 Å². The zero-order valence-electron chi connectivity index (χ0n) is 12.2. The van der Waals surface area contributed by atoms with Gasteiger partial charge in [-0.15, -0.1) is 0 Å². The van der Waals surface area contributed by atoms with Gasteiger partial charge in [0.25, 0.3) is 0 Å². The maximum Gasteiger partial charge on any atom is 0.337 e. The first-order chi connectivity index (χ1) is 10.8. The van der Waals surface area contributed by atoms with Crippen LogP contribution in [0.1, 0.15) is 0 Å². The van der Waals surface area contributed by atoms with Gasteiger partial charge in [0.2, 0.25) is 0 Å². The molecule has 0 unspecified atom stereocenters. The van der Waals surface area contributed by atoms with Crippen LogP contribution in [0.4, 0.5) is 0 Å². The van der Waals surface area contributed by atoms with E-state index in [4.69, 9.17) is 14.2 Å². The summed E-state index contributed by atoms with van der Waals surface area (Å²) in [6.45, 7) is 4.22. The molecule has 0 amide bonds. The van der Waals surface area contributed by atoms with Gasteiger partial charge in [0.05, 0.1) is 5.57 Å². The molecule has 0 saturated heterocycles. The third-order valence-electron chi connectivity index (χ3n) is 2.77. The zero-order chi connectivity index (χ0) is 15.6. The molecule has 2 aromatic carbocycles. The van der Waals surface area contributed by atoms with Crippen LogP contribution < -0.4 is 9.47 Å². The number of rotatable bonds is 8. The van der Waals surface area contributed by atoms with Crippen LogP contribution in [0.25, 0.3) is 0 Å². The van der Waals surface area contributed by atoms with Crippen molar-refractivity contribution >= 4 is 5.97 Å². The van der Waals surface area contributed by atoms with E-state index in [0.29, 0.717) is 12.4 Å². The van der Waals surface area contributed by atoms with Gasteiger partial charge in [0.15, 0.2) is 0 Å². The predicted octanol–water partition coefficient (Wildman–Crippen LogP) is 3.24. The average molecular weight is 298 g/mol. The predicted molar refractivity (Wildman–Crippen MR) is 84.0 cm³/mol. The summed E-state index contributed by atoms with van der Waals surface area (Å²) in [6, 6.07) is 18.6. The number of esters is 1. The fourth-order valence-corrected chi connectivity index (χ4v) is 1.66. The van der Waals surface area contributed by atoms with Crippen molar-refractivity contribution in [2.45, 2.75) is 0 Å². The van der Waals surface area contributed by atoms with Crippen molar-refractivity contribution in [1.29, 1.82) is 0 Å². The van der Waals surface area contributed by atoms with Crippen molar-refractivity contribution in [2.75, 3.05) is 19.8 Å². The molecule has 0 bridgehead atoms. The van der Waals surface area contributed by atoms with E-state index in [0.717, 1.165) is 5.75 Å². The van der Waals surface area contributed by atoms with Crippen molar-refractivity contribution in [3.05, 3.63) is 72.8 Å². The van der Waals surface area contributed by atoms with Gasteiger partial charge in [0, 0.05) is 0 Å². The minimum atomic E-state index is -0.479. The quantitative estimate of drug-likeness (QED) is 0.426. The number of hydrogen-bond donors (Lipinski definition) is 0. The van der Waals surface area contributed by atoms with Gasteiger partial charge in [-0.3, -0.25) is 0 Å². The van der Waals surface area contributed by atoms with Gasteiger partial charge < -0.3 is 14.2 Å². The molecule has 2 aromatic rings. The topological polar surface area (TPSA) is 44.8 Å². The molecule has 0 radical (unpaired) electrons. The lowest BCUT2D eigenvalue weighted by Crippen LogP contribution is -2.17. The van der Waals surface area contributed by atoms with E-state index in [9.17, 15) is 4.79 Å². The first-order valence-electron chi connectivity index (χ1n) is 6.96. The Kier molecular flexibility index (Phi) is 6.05. The van der Waals surface area contributed by atoms with Crippen LogP contribution in [0.2, 0.25) is 0 Å². The molecule has 22 heavy (non-hydrogen) atoms. The molecular weight excluding hydrogens is 280 g/mol. The molecular formula is C18H18O4. The third kappa shape index (κ3) is 5.32. The molecule has 4 nitrogen and oxygen atoms in total. The minimum absolute atomic E-state index is 0.0996. The van der Waals surface area contributed by atoms with Crippen LogP contribution in [-0.2, 0) is 9.53 Å². The summed E-state index contributed by atoms with van der Waals surface area (Å²) in [5.41, 5.74) is 0.267. The molecule has 114 valence electrons. The maximum absolute atomic E-state index is 11.7. The van der Waals surface area contributed by atoms with Crippen molar-refractivity contribution < 1.29 is 19.0 Å². The highest BCUT2D eigenvalue weighted by Crippen LogP contribution is 2.10. The highest BCUT2D eigenvalue weighted by Gasteiger charge is 2.09. The molecule has 0 aliphatic heterocycles. The van der Waals surface area contributed by atoms with Gasteiger partial charge in [-0.05, 0) is 24.3 Å². The molecule has 0 N–H and O–H groups in total. The second kappa shape index (κ2) is 8.52. The zero-order valence-corrected chi connectivity index (χ0v) is 12.2. The Balaban J connectivity index is 1.63. The number of carbonyl (C=O) groups excluding carboxylic acids is 1. The molecule has 4 heteroatoms. The van der Waals surface area contributed by atoms with Crippen LogP contribution in [0.15, 0.2) is 72.8 Å². The lowest BCUT2D eigenvalue weighted by molar-refractivity contribution is -0.140. The van der Waals surface area contributed by atoms with Crippen LogP contribution in [0, 0.1) is 0 Å². The molecule has 0 spiro atoms. The second-order valence-corrected chi connectivity index (χ2v) is 4.50. The smallest absolute Gasteiger partial charge is 0.337 e. The highest BCUT2D eigenvalue weighted by atomic mass is 16.6. The Bertz CT molecular complexity index is 593. The molecule has 0 saturated carbocycles. The first kappa shape index (κ1) is 15.6. The third-order valence-corrected chi connectivity index (χ3v) is 2.77. The summed E-state index contributed by atoms with van der Waals surface area (Å²) < 4.78 is 15.9. The summed E-state index contributed by atoms with van der Waals surface area (Å²) >= 11 is 0.